The van der Waals surface area contributed by atoms with Crippen molar-refractivity contribution in [1.29, 1.82) is 0 Å². The van der Waals surface area contributed by atoms with Crippen LogP contribution in [0.25, 0.3) is 0 Å². The maximum absolute atomic E-state index is 13.2. The zero-order chi connectivity index (χ0) is 18.7. The van der Waals surface area contributed by atoms with Gasteiger partial charge >= 0.3 is 16.3 Å². The van der Waals surface area contributed by atoms with Crippen LogP contribution in [0.3, 0.4) is 0 Å². The van der Waals surface area contributed by atoms with E-state index < -0.39 is 22.0 Å². The third-order valence-electron chi connectivity index (χ3n) is 3.17. The van der Waals surface area contributed by atoms with Crippen molar-refractivity contribution >= 4 is 15.8 Å². The average molecular weight is 373 g/mol. The third kappa shape index (κ3) is 4.72. The molecule has 0 radical (unpaired) electrons. The molecular formula is C16H14F3NO4S. The summed E-state index contributed by atoms with van der Waals surface area (Å²) in [5.74, 6) is 0.346. The molecule has 0 bridgehead atoms. The van der Waals surface area contributed by atoms with Gasteiger partial charge in [-0.25, -0.2) is 0 Å². The van der Waals surface area contributed by atoms with Crippen LogP contribution < -0.4 is 4.74 Å². The summed E-state index contributed by atoms with van der Waals surface area (Å²) in [6, 6.07) is 10.2. The van der Waals surface area contributed by atoms with Crippen molar-refractivity contribution in [2.75, 3.05) is 7.11 Å². The Balaban J connectivity index is 2.36. The topological polar surface area (TPSA) is 65.0 Å². The maximum atomic E-state index is 13.2. The van der Waals surface area contributed by atoms with Gasteiger partial charge in [0.15, 0.2) is 5.71 Å². The minimum absolute atomic E-state index is 0.293. The Morgan fingerprint density at radius 2 is 1.56 bits per heavy atom. The Labute approximate surface area is 142 Å². The van der Waals surface area contributed by atoms with Crippen LogP contribution >= 0.6 is 0 Å². The predicted octanol–water partition coefficient (Wildman–Crippen LogP) is 3.68. The first kappa shape index (κ1) is 18.8. The standard InChI is InChI=1S/C16H14F3NO4S/c1-11-3-9-14(10-4-11)25(21,22)24-20-15(16(17,18)19)12-5-7-13(23-2)8-6-12/h3-10H,1-2H3/b20-15+. The van der Waals surface area contributed by atoms with E-state index in [1.54, 1.807) is 6.92 Å². The summed E-state index contributed by atoms with van der Waals surface area (Å²) in [5, 5.41) is 2.85. The van der Waals surface area contributed by atoms with Gasteiger partial charge in [-0.1, -0.05) is 22.9 Å². The van der Waals surface area contributed by atoms with Gasteiger partial charge in [-0.2, -0.15) is 21.6 Å². The van der Waals surface area contributed by atoms with Crippen molar-refractivity contribution in [3.05, 3.63) is 59.7 Å². The SMILES string of the molecule is COc1ccc(/C(=N\OS(=O)(=O)c2ccc(C)cc2)C(F)(F)F)cc1. The summed E-state index contributed by atoms with van der Waals surface area (Å²) >= 11 is 0. The number of hydrogen-bond donors (Lipinski definition) is 0. The number of rotatable bonds is 5. The van der Waals surface area contributed by atoms with E-state index in [4.69, 9.17) is 4.74 Å². The molecule has 0 heterocycles. The van der Waals surface area contributed by atoms with Crippen molar-refractivity contribution < 1.29 is 30.6 Å². The summed E-state index contributed by atoms with van der Waals surface area (Å²) < 4.78 is 72.7. The molecule has 2 rings (SSSR count). The second kappa shape index (κ2) is 7.14. The molecule has 0 aromatic heterocycles. The zero-order valence-electron chi connectivity index (χ0n) is 13.2. The van der Waals surface area contributed by atoms with Crippen molar-refractivity contribution in [2.24, 2.45) is 5.16 Å². The lowest BCUT2D eigenvalue weighted by Crippen LogP contribution is -2.25. The number of nitrogens with zero attached hydrogens (tertiary/aromatic N) is 1. The fraction of sp³-hybridized carbons (Fsp3) is 0.188. The van der Waals surface area contributed by atoms with Gasteiger partial charge in [-0.15, -0.1) is 0 Å². The van der Waals surface area contributed by atoms with E-state index in [0.29, 0.717) is 5.75 Å². The molecular weight excluding hydrogens is 359 g/mol. The van der Waals surface area contributed by atoms with Crippen LogP contribution in [0, 0.1) is 6.92 Å². The molecule has 9 heteroatoms. The number of ether oxygens (including phenoxy) is 1. The minimum atomic E-state index is -4.91. The molecule has 0 N–H and O–H groups in total. The van der Waals surface area contributed by atoms with Crippen LogP contribution in [0.4, 0.5) is 13.2 Å². The van der Waals surface area contributed by atoms with Crippen LogP contribution in [-0.2, 0) is 14.4 Å². The lowest BCUT2D eigenvalue weighted by Gasteiger charge is -2.11. The maximum Gasteiger partial charge on any atom is 0.437 e. The van der Waals surface area contributed by atoms with E-state index in [9.17, 15) is 21.6 Å². The molecule has 0 amide bonds. The molecule has 0 saturated carbocycles. The molecule has 0 aliphatic rings. The lowest BCUT2D eigenvalue weighted by molar-refractivity contribution is -0.0597. The van der Waals surface area contributed by atoms with E-state index in [2.05, 4.69) is 9.44 Å². The Morgan fingerprint density at radius 1 is 1.00 bits per heavy atom. The largest absolute Gasteiger partial charge is 0.497 e. The van der Waals surface area contributed by atoms with Crippen molar-refractivity contribution in [3.8, 4) is 5.75 Å². The normalized spacial score (nSPS) is 12.8. The van der Waals surface area contributed by atoms with E-state index >= 15 is 0 Å². The molecule has 25 heavy (non-hydrogen) atoms. The van der Waals surface area contributed by atoms with Crippen molar-refractivity contribution in [3.63, 3.8) is 0 Å². The molecule has 2 aromatic carbocycles. The molecule has 5 nitrogen and oxygen atoms in total. The molecule has 0 saturated heterocycles. The molecule has 0 unspecified atom stereocenters. The monoisotopic (exact) mass is 373 g/mol. The number of oxime groups is 1. The molecule has 0 spiro atoms. The first-order chi connectivity index (χ1) is 11.6. The first-order valence-corrected chi connectivity index (χ1v) is 8.34. The molecule has 0 aliphatic heterocycles. The molecule has 0 aliphatic carbocycles. The zero-order valence-corrected chi connectivity index (χ0v) is 14.1. The number of benzene rings is 2. The summed E-state index contributed by atoms with van der Waals surface area (Å²) in [6.07, 6.45) is -4.91. The Kier molecular flexibility index (Phi) is 5.36. The minimum Gasteiger partial charge on any atom is -0.497 e. The van der Waals surface area contributed by atoms with E-state index in [-0.39, 0.29) is 10.5 Å². The van der Waals surface area contributed by atoms with E-state index in [1.807, 2.05) is 0 Å². The molecule has 134 valence electrons. The fourth-order valence-electron chi connectivity index (χ4n) is 1.85. The smallest absolute Gasteiger partial charge is 0.437 e. The van der Waals surface area contributed by atoms with Gasteiger partial charge in [0.05, 0.1) is 7.11 Å². The van der Waals surface area contributed by atoms with Gasteiger partial charge < -0.3 is 4.74 Å². The molecule has 0 atom stereocenters. The average Bonchev–Trinajstić information content (AvgIpc) is 2.54. The first-order valence-electron chi connectivity index (χ1n) is 6.93. The number of halogens is 3. The second-order valence-electron chi connectivity index (χ2n) is 5.01. The second-order valence-corrected chi connectivity index (χ2v) is 6.54. The number of hydrogen-bond acceptors (Lipinski definition) is 5. The van der Waals surface area contributed by atoms with E-state index in [1.165, 1.54) is 43.5 Å². The lowest BCUT2D eigenvalue weighted by atomic mass is 10.1. The number of alkyl halides is 3. The van der Waals surface area contributed by atoms with Crippen LogP contribution in [0.5, 0.6) is 5.75 Å². The van der Waals surface area contributed by atoms with Crippen molar-refractivity contribution in [2.45, 2.75) is 18.0 Å². The van der Waals surface area contributed by atoms with Gasteiger partial charge in [0.1, 0.15) is 10.6 Å². The van der Waals surface area contributed by atoms with Crippen LogP contribution in [0.2, 0.25) is 0 Å². The Hall–Kier alpha value is -2.55. The van der Waals surface area contributed by atoms with Gasteiger partial charge in [-0.3, -0.25) is 4.28 Å². The van der Waals surface area contributed by atoms with Gasteiger partial charge in [0.25, 0.3) is 0 Å². The highest BCUT2D eigenvalue weighted by Crippen LogP contribution is 2.25. The third-order valence-corrected chi connectivity index (χ3v) is 4.29. The Morgan fingerprint density at radius 3 is 2.04 bits per heavy atom. The van der Waals surface area contributed by atoms with Crippen LogP contribution in [-0.4, -0.2) is 27.4 Å². The number of methoxy groups -OCH3 is 1. The highest BCUT2D eigenvalue weighted by atomic mass is 32.2. The quantitative estimate of drug-likeness (QED) is 0.592. The Bertz CT molecular complexity index is 858. The van der Waals surface area contributed by atoms with Gasteiger partial charge in [0, 0.05) is 5.56 Å². The van der Waals surface area contributed by atoms with Crippen molar-refractivity contribution in [1.82, 2.24) is 0 Å². The highest BCUT2D eigenvalue weighted by Gasteiger charge is 2.38. The molecule has 0 fully saturated rings. The van der Waals surface area contributed by atoms with Crippen LogP contribution in [0.1, 0.15) is 11.1 Å². The summed E-state index contributed by atoms with van der Waals surface area (Å²) in [4.78, 5) is -0.293. The fourth-order valence-corrected chi connectivity index (χ4v) is 2.58. The van der Waals surface area contributed by atoms with Crippen LogP contribution in [0.15, 0.2) is 58.6 Å². The predicted molar refractivity (Wildman–Crippen MR) is 85.0 cm³/mol. The van der Waals surface area contributed by atoms with E-state index in [0.717, 1.165) is 17.7 Å². The highest BCUT2D eigenvalue weighted by molar-refractivity contribution is 7.86. The van der Waals surface area contributed by atoms with Gasteiger partial charge in [-0.05, 0) is 43.3 Å². The summed E-state index contributed by atoms with van der Waals surface area (Å²) in [6.45, 7) is 1.74. The molecule has 2 aromatic rings. The number of aryl methyl sites for hydroxylation is 1. The summed E-state index contributed by atoms with van der Waals surface area (Å²) in [5.41, 5.74) is -1.03. The van der Waals surface area contributed by atoms with Gasteiger partial charge in [0.2, 0.25) is 0 Å². The summed E-state index contributed by atoms with van der Waals surface area (Å²) in [7, 11) is -3.10.